The van der Waals surface area contributed by atoms with Gasteiger partial charge in [0.2, 0.25) is 5.91 Å². The van der Waals surface area contributed by atoms with E-state index >= 15 is 0 Å². The predicted molar refractivity (Wildman–Crippen MR) is 103 cm³/mol. The summed E-state index contributed by atoms with van der Waals surface area (Å²) in [5.74, 6) is 0.484. The molecule has 2 aromatic rings. The number of aryl methyl sites for hydroxylation is 3. The molecule has 1 atom stereocenters. The first-order valence-corrected chi connectivity index (χ1v) is 10.4. The SMILES string of the molecule is Cc1ccc(/C=C/C(=O)Nc2cc(C)nn2C2CCS(=O)(=O)C2)c(C)c1. The zero-order chi connectivity index (χ0) is 18.9. The highest BCUT2D eigenvalue weighted by Gasteiger charge is 2.31. The fraction of sp³-hybridized carbons (Fsp3) is 0.368. The molecule has 26 heavy (non-hydrogen) atoms. The van der Waals surface area contributed by atoms with Crippen LogP contribution in [0.1, 0.15) is 34.8 Å². The number of hydrogen-bond donors (Lipinski definition) is 1. The molecule has 1 aromatic carbocycles. The standard InChI is InChI=1S/C19H23N3O3S/c1-13-4-5-16(14(2)10-13)6-7-19(23)20-18-11-15(3)21-22(18)17-8-9-26(24,25)12-17/h4-7,10-11,17H,8-9,12H2,1-3H3,(H,20,23)/b7-6+. The van der Waals surface area contributed by atoms with Gasteiger partial charge in [0.25, 0.3) is 0 Å². The van der Waals surface area contributed by atoms with Gasteiger partial charge in [0.1, 0.15) is 5.82 Å². The van der Waals surface area contributed by atoms with Gasteiger partial charge in [-0.3, -0.25) is 4.79 Å². The normalized spacial score (nSPS) is 19.1. The number of rotatable bonds is 4. The highest BCUT2D eigenvalue weighted by Crippen LogP contribution is 2.27. The molecule has 0 saturated carbocycles. The Labute approximate surface area is 153 Å². The lowest BCUT2D eigenvalue weighted by molar-refractivity contribution is -0.111. The van der Waals surface area contributed by atoms with Crippen molar-refractivity contribution in [2.75, 3.05) is 16.8 Å². The third kappa shape index (κ3) is 4.22. The number of carbonyl (C=O) groups is 1. The maximum Gasteiger partial charge on any atom is 0.249 e. The molecule has 3 rings (SSSR count). The van der Waals surface area contributed by atoms with Gasteiger partial charge in [0, 0.05) is 12.1 Å². The summed E-state index contributed by atoms with van der Waals surface area (Å²) < 4.78 is 25.1. The number of hydrogen-bond acceptors (Lipinski definition) is 4. The van der Waals surface area contributed by atoms with E-state index < -0.39 is 9.84 Å². The monoisotopic (exact) mass is 373 g/mol. The minimum Gasteiger partial charge on any atom is -0.307 e. The summed E-state index contributed by atoms with van der Waals surface area (Å²) in [5.41, 5.74) is 4.00. The van der Waals surface area contributed by atoms with Crippen LogP contribution in [0.5, 0.6) is 0 Å². The molecule has 1 aliphatic rings. The van der Waals surface area contributed by atoms with Crippen LogP contribution in [0.4, 0.5) is 5.82 Å². The van der Waals surface area contributed by atoms with Gasteiger partial charge in [-0.25, -0.2) is 13.1 Å². The molecule has 1 N–H and O–H groups in total. The molecule has 0 radical (unpaired) electrons. The number of nitrogens with one attached hydrogen (secondary N) is 1. The molecule has 0 spiro atoms. The summed E-state index contributed by atoms with van der Waals surface area (Å²) in [6, 6.07) is 7.58. The molecular weight excluding hydrogens is 350 g/mol. The van der Waals surface area contributed by atoms with E-state index in [1.165, 1.54) is 11.6 Å². The molecule has 6 nitrogen and oxygen atoms in total. The Morgan fingerprint density at radius 2 is 2.04 bits per heavy atom. The maximum absolute atomic E-state index is 12.3. The predicted octanol–water partition coefficient (Wildman–Crippen LogP) is 2.82. The largest absolute Gasteiger partial charge is 0.307 e. The fourth-order valence-electron chi connectivity index (χ4n) is 3.20. The minimum absolute atomic E-state index is 0.0649. The lowest BCUT2D eigenvalue weighted by Crippen LogP contribution is -2.18. The van der Waals surface area contributed by atoms with Gasteiger partial charge in [-0.2, -0.15) is 5.10 Å². The van der Waals surface area contributed by atoms with Crippen LogP contribution in [-0.4, -0.2) is 35.6 Å². The highest BCUT2D eigenvalue weighted by atomic mass is 32.2. The van der Waals surface area contributed by atoms with E-state index in [0.717, 1.165) is 16.8 Å². The molecule has 1 saturated heterocycles. The van der Waals surface area contributed by atoms with Crippen LogP contribution in [-0.2, 0) is 14.6 Å². The molecule has 138 valence electrons. The van der Waals surface area contributed by atoms with E-state index in [1.807, 2.05) is 32.9 Å². The smallest absolute Gasteiger partial charge is 0.249 e. The lowest BCUT2D eigenvalue weighted by atomic mass is 10.1. The lowest BCUT2D eigenvalue weighted by Gasteiger charge is -2.13. The van der Waals surface area contributed by atoms with Crippen molar-refractivity contribution in [3.8, 4) is 0 Å². The van der Waals surface area contributed by atoms with Crippen molar-refractivity contribution in [2.45, 2.75) is 33.2 Å². The van der Waals surface area contributed by atoms with Crippen LogP contribution >= 0.6 is 0 Å². The zero-order valence-corrected chi connectivity index (χ0v) is 16.0. The average molecular weight is 373 g/mol. The topological polar surface area (TPSA) is 81.1 Å². The first kappa shape index (κ1) is 18.4. The number of anilines is 1. The quantitative estimate of drug-likeness (QED) is 0.836. The van der Waals surface area contributed by atoms with Gasteiger partial charge in [0.15, 0.2) is 9.84 Å². The molecule has 7 heteroatoms. The summed E-state index contributed by atoms with van der Waals surface area (Å²) >= 11 is 0. The Bertz CT molecular complexity index is 974. The molecular formula is C19H23N3O3S. The van der Waals surface area contributed by atoms with E-state index in [9.17, 15) is 13.2 Å². The van der Waals surface area contributed by atoms with Crippen molar-refractivity contribution in [3.63, 3.8) is 0 Å². The molecule has 0 bridgehead atoms. The maximum atomic E-state index is 12.3. The first-order chi connectivity index (χ1) is 12.2. The minimum atomic E-state index is -3.02. The second-order valence-electron chi connectivity index (χ2n) is 6.86. The van der Waals surface area contributed by atoms with Crippen molar-refractivity contribution < 1.29 is 13.2 Å². The summed E-state index contributed by atoms with van der Waals surface area (Å²) in [4.78, 5) is 12.3. The van der Waals surface area contributed by atoms with Crippen molar-refractivity contribution in [2.24, 2.45) is 0 Å². The van der Waals surface area contributed by atoms with Gasteiger partial charge >= 0.3 is 0 Å². The Morgan fingerprint density at radius 1 is 1.27 bits per heavy atom. The van der Waals surface area contributed by atoms with Gasteiger partial charge in [-0.1, -0.05) is 23.8 Å². The van der Waals surface area contributed by atoms with E-state index in [1.54, 1.807) is 16.8 Å². The van der Waals surface area contributed by atoms with Crippen molar-refractivity contribution in [1.82, 2.24) is 9.78 Å². The third-order valence-corrected chi connectivity index (χ3v) is 6.25. The van der Waals surface area contributed by atoms with Crippen LogP contribution in [0.15, 0.2) is 30.3 Å². The van der Waals surface area contributed by atoms with E-state index in [0.29, 0.717) is 12.2 Å². The second kappa shape index (κ2) is 7.07. The number of carbonyl (C=O) groups excluding carboxylic acids is 1. The van der Waals surface area contributed by atoms with Crippen molar-refractivity contribution >= 4 is 27.6 Å². The van der Waals surface area contributed by atoms with Crippen LogP contribution in [0, 0.1) is 20.8 Å². The van der Waals surface area contributed by atoms with E-state index in [-0.39, 0.29) is 23.5 Å². The molecule has 1 fully saturated rings. The molecule has 1 unspecified atom stereocenters. The summed E-state index contributed by atoms with van der Waals surface area (Å²) in [6.07, 6.45) is 3.78. The van der Waals surface area contributed by atoms with Gasteiger partial charge in [-0.15, -0.1) is 0 Å². The van der Waals surface area contributed by atoms with Crippen LogP contribution in [0.3, 0.4) is 0 Å². The second-order valence-corrected chi connectivity index (χ2v) is 9.08. The summed E-state index contributed by atoms with van der Waals surface area (Å²) in [7, 11) is -3.02. The highest BCUT2D eigenvalue weighted by molar-refractivity contribution is 7.91. The number of sulfone groups is 1. The fourth-order valence-corrected chi connectivity index (χ4v) is 4.89. The van der Waals surface area contributed by atoms with Crippen LogP contribution in [0.25, 0.3) is 6.08 Å². The molecule has 1 aromatic heterocycles. The molecule has 0 aliphatic carbocycles. The van der Waals surface area contributed by atoms with E-state index in [4.69, 9.17) is 0 Å². The number of benzene rings is 1. The van der Waals surface area contributed by atoms with Gasteiger partial charge in [0.05, 0.1) is 23.2 Å². The van der Waals surface area contributed by atoms with Gasteiger partial charge < -0.3 is 5.32 Å². The zero-order valence-electron chi connectivity index (χ0n) is 15.2. The number of aromatic nitrogens is 2. The average Bonchev–Trinajstić information content (AvgIpc) is 3.08. The van der Waals surface area contributed by atoms with Crippen LogP contribution < -0.4 is 5.32 Å². The van der Waals surface area contributed by atoms with Crippen molar-refractivity contribution in [3.05, 3.63) is 52.7 Å². The molecule has 1 amide bonds. The van der Waals surface area contributed by atoms with Crippen LogP contribution in [0.2, 0.25) is 0 Å². The Morgan fingerprint density at radius 3 is 2.69 bits per heavy atom. The number of amides is 1. The Balaban J connectivity index is 1.75. The number of nitrogens with zero attached hydrogens (tertiary/aromatic N) is 2. The van der Waals surface area contributed by atoms with Gasteiger partial charge in [-0.05, 0) is 44.4 Å². The summed E-state index contributed by atoms with van der Waals surface area (Å²) in [6.45, 7) is 5.85. The van der Waals surface area contributed by atoms with Crippen molar-refractivity contribution in [1.29, 1.82) is 0 Å². The Kier molecular flexibility index (Phi) is 5.00. The summed E-state index contributed by atoms with van der Waals surface area (Å²) in [5, 5.41) is 7.18. The Hall–Kier alpha value is -2.41. The first-order valence-electron chi connectivity index (χ1n) is 8.56. The van der Waals surface area contributed by atoms with E-state index in [2.05, 4.69) is 16.5 Å². The molecule has 1 aliphatic heterocycles. The molecule has 2 heterocycles. The third-order valence-electron chi connectivity index (χ3n) is 4.50.